The summed E-state index contributed by atoms with van der Waals surface area (Å²) in [5, 5.41) is 10.1. The molecule has 0 atom stereocenters. The molecule has 0 fully saturated rings. The Morgan fingerprint density at radius 2 is 1.93 bits per heavy atom. The number of fused-ring (bicyclic) bond motifs is 1. The van der Waals surface area contributed by atoms with Gasteiger partial charge in [-0.1, -0.05) is 0 Å². The number of ether oxygens (including phenoxy) is 1. The number of aliphatic hydroxyl groups is 1. The molecule has 0 aliphatic rings. The smallest absolute Gasteiger partial charge is 0.379 e. The molecule has 148 valence electrons. The monoisotopic (exact) mass is 393 g/mol. The topological polar surface area (TPSA) is 140 Å². The molecule has 0 spiro atoms. The van der Waals surface area contributed by atoms with Crippen LogP contribution in [-0.2, 0) is 20.7 Å². The second-order valence-electron chi connectivity index (χ2n) is 6.19. The van der Waals surface area contributed by atoms with E-state index >= 15 is 0 Å². The van der Waals surface area contributed by atoms with E-state index in [9.17, 15) is 14.7 Å². The van der Waals surface area contributed by atoms with Crippen molar-refractivity contribution in [2.45, 2.75) is 13.3 Å². The third-order valence-electron chi connectivity index (χ3n) is 4.02. The van der Waals surface area contributed by atoms with Gasteiger partial charge in [-0.2, -0.15) is 0 Å². The van der Waals surface area contributed by atoms with Crippen molar-refractivity contribution < 1.29 is 19.4 Å². The number of hydrogen-bond acceptors (Lipinski definition) is 9. The van der Waals surface area contributed by atoms with Gasteiger partial charge in [0.25, 0.3) is 5.78 Å². The first-order chi connectivity index (χ1) is 14.0. The van der Waals surface area contributed by atoms with Crippen LogP contribution in [-0.4, -0.2) is 38.4 Å². The highest BCUT2D eigenvalue weighted by Crippen LogP contribution is 2.17. The van der Waals surface area contributed by atoms with Crippen molar-refractivity contribution in [2.24, 2.45) is 5.84 Å². The van der Waals surface area contributed by atoms with Gasteiger partial charge in [-0.05, 0) is 42.8 Å². The number of esters is 1. The van der Waals surface area contributed by atoms with Gasteiger partial charge >= 0.3 is 5.97 Å². The number of ketones is 1. The van der Waals surface area contributed by atoms with Gasteiger partial charge in [0.1, 0.15) is 11.6 Å². The van der Waals surface area contributed by atoms with Gasteiger partial charge in [-0.3, -0.25) is 14.8 Å². The quantitative estimate of drug-likeness (QED) is 0.137. The van der Waals surface area contributed by atoms with Crippen LogP contribution in [0.15, 0.2) is 48.8 Å². The maximum absolute atomic E-state index is 12.0. The number of nitrogen functional groups attached to an aromatic ring is 1. The number of aliphatic hydroxyl groups excluding tert-OH is 1. The van der Waals surface area contributed by atoms with Crippen molar-refractivity contribution in [1.29, 1.82) is 0 Å². The summed E-state index contributed by atoms with van der Waals surface area (Å²) in [6.07, 6.45) is 4.28. The number of nitrogens with one attached hydrogen (secondary N) is 1. The fraction of sp³-hybridized carbons (Fsp3) is 0.150. The van der Waals surface area contributed by atoms with Crippen molar-refractivity contribution in [1.82, 2.24) is 15.0 Å². The Hall–Kier alpha value is -3.85. The summed E-state index contributed by atoms with van der Waals surface area (Å²) in [4.78, 5) is 36.3. The normalized spacial score (nSPS) is 11.3. The van der Waals surface area contributed by atoms with Crippen LogP contribution in [0.2, 0.25) is 0 Å². The summed E-state index contributed by atoms with van der Waals surface area (Å²) in [5.74, 6) is 3.47. The number of anilines is 1. The minimum absolute atomic E-state index is 0.00178. The number of hydrazine groups is 1. The first kappa shape index (κ1) is 19.9. The van der Waals surface area contributed by atoms with Crippen LogP contribution in [0, 0.1) is 6.92 Å². The Balaban J connectivity index is 1.60. The van der Waals surface area contributed by atoms with Crippen LogP contribution in [0.5, 0.6) is 0 Å². The maximum atomic E-state index is 12.0. The van der Waals surface area contributed by atoms with Crippen molar-refractivity contribution >= 4 is 34.4 Å². The van der Waals surface area contributed by atoms with Crippen LogP contribution in [0.4, 0.5) is 5.82 Å². The lowest BCUT2D eigenvalue weighted by Gasteiger charge is -2.07. The molecule has 0 aliphatic heterocycles. The lowest BCUT2D eigenvalue weighted by molar-refractivity contribution is -0.151. The van der Waals surface area contributed by atoms with E-state index in [4.69, 9.17) is 10.6 Å². The van der Waals surface area contributed by atoms with Crippen LogP contribution in [0.1, 0.15) is 16.8 Å². The standard InChI is InChI=1S/C20H19N5O4/c1-12-8-13(9-19(24-12)25-21)4-7-29-20(28)18(27)11-17(26)14-2-3-15-16(10-14)23-6-5-22-15/h2-3,5-6,8-11,26H,4,7,21H2,1H3,(H,24,25)/b17-11-. The summed E-state index contributed by atoms with van der Waals surface area (Å²) in [6.45, 7) is 1.81. The lowest BCUT2D eigenvalue weighted by atomic mass is 10.1. The fourth-order valence-electron chi connectivity index (χ4n) is 2.68. The molecule has 1 aromatic carbocycles. The first-order valence-electron chi connectivity index (χ1n) is 8.73. The molecule has 0 radical (unpaired) electrons. The predicted molar refractivity (Wildman–Crippen MR) is 107 cm³/mol. The number of nitrogens with two attached hydrogens (primary N) is 1. The van der Waals surface area contributed by atoms with E-state index in [0.29, 0.717) is 28.8 Å². The molecule has 9 heteroatoms. The molecule has 0 saturated heterocycles. The zero-order valence-electron chi connectivity index (χ0n) is 15.6. The van der Waals surface area contributed by atoms with Crippen LogP contribution in [0.3, 0.4) is 0 Å². The molecule has 0 saturated carbocycles. The van der Waals surface area contributed by atoms with Gasteiger partial charge < -0.3 is 15.3 Å². The average molecular weight is 393 g/mol. The highest BCUT2D eigenvalue weighted by molar-refractivity contribution is 6.39. The van der Waals surface area contributed by atoms with Crippen molar-refractivity contribution in [2.75, 3.05) is 12.0 Å². The van der Waals surface area contributed by atoms with E-state index in [1.807, 2.05) is 13.0 Å². The van der Waals surface area contributed by atoms with E-state index in [1.54, 1.807) is 30.5 Å². The van der Waals surface area contributed by atoms with Gasteiger partial charge in [0, 0.05) is 36.1 Å². The van der Waals surface area contributed by atoms with Crippen molar-refractivity contribution in [3.63, 3.8) is 0 Å². The number of benzene rings is 1. The predicted octanol–water partition coefficient (Wildman–Crippen LogP) is 1.87. The molecule has 2 heterocycles. The largest absolute Gasteiger partial charge is 0.507 e. The number of pyridine rings is 1. The van der Waals surface area contributed by atoms with Crippen LogP contribution < -0.4 is 11.3 Å². The lowest BCUT2D eigenvalue weighted by Crippen LogP contribution is -2.17. The molecule has 0 amide bonds. The Labute approximate surface area is 166 Å². The number of aryl methyl sites for hydroxylation is 1. The molecule has 0 bridgehead atoms. The Kier molecular flexibility index (Phi) is 6.10. The number of aromatic nitrogens is 3. The first-order valence-corrected chi connectivity index (χ1v) is 8.73. The van der Waals surface area contributed by atoms with Gasteiger partial charge in [0.15, 0.2) is 0 Å². The number of hydrogen-bond donors (Lipinski definition) is 3. The second-order valence-corrected chi connectivity index (χ2v) is 6.19. The Morgan fingerprint density at radius 1 is 1.17 bits per heavy atom. The third kappa shape index (κ3) is 5.11. The summed E-state index contributed by atoms with van der Waals surface area (Å²) in [6, 6.07) is 8.35. The SMILES string of the molecule is Cc1cc(CCOC(=O)C(=O)/C=C(\O)c2ccc3nccnc3c2)cc(NN)n1. The summed E-state index contributed by atoms with van der Waals surface area (Å²) in [7, 11) is 0. The molecule has 0 aliphatic carbocycles. The number of nitrogens with zero attached hydrogens (tertiary/aromatic N) is 3. The van der Waals surface area contributed by atoms with Gasteiger partial charge in [-0.25, -0.2) is 15.6 Å². The molecule has 3 rings (SSSR count). The van der Waals surface area contributed by atoms with E-state index in [1.165, 1.54) is 6.20 Å². The summed E-state index contributed by atoms with van der Waals surface area (Å²) in [5.41, 5.74) is 5.60. The minimum atomic E-state index is -1.06. The van der Waals surface area contributed by atoms with Crippen molar-refractivity contribution in [3.8, 4) is 0 Å². The highest BCUT2D eigenvalue weighted by Gasteiger charge is 2.15. The Bertz CT molecular complexity index is 1100. The van der Waals surface area contributed by atoms with Crippen molar-refractivity contribution in [3.05, 3.63) is 65.6 Å². The number of carbonyl (C=O) groups is 2. The maximum Gasteiger partial charge on any atom is 0.379 e. The molecular weight excluding hydrogens is 374 g/mol. The zero-order chi connectivity index (χ0) is 20.8. The minimum Gasteiger partial charge on any atom is -0.507 e. The number of rotatable bonds is 7. The van der Waals surface area contributed by atoms with E-state index < -0.39 is 11.8 Å². The molecule has 9 nitrogen and oxygen atoms in total. The molecule has 0 unspecified atom stereocenters. The average Bonchev–Trinajstić information content (AvgIpc) is 2.72. The van der Waals surface area contributed by atoms with Gasteiger partial charge in [-0.15, -0.1) is 0 Å². The second kappa shape index (κ2) is 8.89. The zero-order valence-corrected chi connectivity index (χ0v) is 15.6. The third-order valence-corrected chi connectivity index (χ3v) is 4.02. The molecule has 29 heavy (non-hydrogen) atoms. The van der Waals surface area contributed by atoms with Crippen LogP contribution in [0.25, 0.3) is 16.8 Å². The van der Waals surface area contributed by atoms with E-state index in [-0.39, 0.29) is 12.4 Å². The molecule has 3 aromatic rings. The summed E-state index contributed by atoms with van der Waals surface area (Å²) >= 11 is 0. The number of carbonyl (C=O) groups excluding carboxylic acids is 2. The van der Waals surface area contributed by atoms with E-state index in [2.05, 4.69) is 20.4 Å². The molecule has 4 N–H and O–H groups in total. The van der Waals surface area contributed by atoms with Gasteiger partial charge in [0.05, 0.1) is 17.6 Å². The summed E-state index contributed by atoms with van der Waals surface area (Å²) < 4.78 is 4.99. The Morgan fingerprint density at radius 3 is 2.69 bits per heavy atom. The van der Waals surface area contributed by atoms with Crippen LogP contribution >= 0.6 is 0 Å². The molecular formula is C20H19N5O4. The van der Waals surface area contributed by atoms with E-state index in [0.717, 1.165) is 17.3 Å². The fourth-order valence-corrected chi connectivity index (χ4v) is 2.68. The van der Waals surface area contributed by atoms with Gasteiger partial charge in [0.2, 0.25) is 0 Å². The molecule has 2 aromatic heterocycles. The highest BCUT2D eigenvalue weighted by atomic mass is 16.5.